The van der Waals surface area contributed by atoms with E-state index in [1.807, 2.05) is 48.5 Å². The Balaban J connectivity index is 1.79. The first kappa shape index (κ1) is 20.2. The van der Waals surface area contributed by atoms with Crippen molar-refractivity contribution in [1.82, 2.24) is 9.88 Å². The number of hydrogen-bond donors (Lipinski definition) is 1. The third-order valence-corrected chi connectivity index (χ3v) is 5.91. The number of H-pyrrole nitrogens is 1. The number of esters is 2. The van der Waals surface area contributed by atoms with Crippen molar-refractivity contribution < 1.29 is 19.1 Å². The molecule has 2 heterocycles. The van der Waals surface area contributed by atoms with E-state index in [4.69, 9.17) is 9.47 Å². The van der Waals surface area contributed by atoms with E-state index in [9.17, 15) is 9.59 Å². The van der Waals surface area contributed by atoms with Gasteiger partial charge < -0.3 is 14.5 Å². The Bertz CT molecular complexity index is 1040. The Hall–Kier alpha value is -3.12. The molecule has 2 atom stereocenters. The summed E-state index contributed by atoms with van der Waals surface area (Å²) in [7, 11) is 2.83. The van der Waals surface area contributed by atoms with E-state index < -0.39 is 6.04 Å². The summed E-state index contributed by atoms with van der Waals surface area (Å²) >= 11 is 0. The molecule has 30 heavy (non-hydrogen) atoms. The molecule has 0 amide bonds. The van der Waals surface area contributed by atoms with Gasteiger partial charge in [-0.3, -0.25) is 14.5 Å². The highest BCUT2D eigenvalue weighted by Crippen LogP contribution is 2.40. The van der Waals surface area contributed by atoms with Gasteiger partial charge in [0.05, 0.1) is 20.3 Å². The fourth-order valence-electron chi connectivity index (χ4n) is 4.46. The number of fused-ring (bicyclic) bond motifs is 3. The zero-order chi connectivity index (χ0) is 21.1. The topological polar surface area (TPSA) is 71.6 Å². The minimum absolute atomic E-state index is 0.135. The Labute approximate surface area is 175 Å². The number of methoxy groups -OCH3 is 2. The van der Waals surface area contributed by atoms with Crippen LogP contribution in [0, 0.1) is 0 Å². The SMILES string of the molecule is COC(=O)CC[C@H]1c2[nH]c3ccccc3c2C[C@H](C(=O)OC)N1Cc1ccccc1. The molecule has 0 aliphatic carbocycles. The van der Waals surface area contributed by atoms with Gasteiger partial charge in [0, 0.05) is 36.0 Å². The molecule has 156 valence electrons. The number of benzene rings is 2. The molecule has 4 rings (SSSR count). The minimum atomic E-state index is -0.426. The Morgan fingerprint density at radius 2 is 1.77 bits per heavy atom. The molecule has 0 saturated heterocycles. The van der Waals surface area contributed by atoms with Crippen LogP contribution in [0.2, 0.25) is 0 Å². The van der Waals surface area contributed by atoms with Gasteiger partial charge in [0.2, 0.25) is 0 Å². The number of nitrogens with zero attached hydrogens (tertiary/aromatic N) is 1. The summed E-state index contributed by atoms with van der Waals surface area (Å²) in [5.41, 5.74) is 4.33. The molecule has 1 N–H and O–H groups in total. The quantitative estimate of drug-likeness (QED) is 0.631. The van der Waals surface area contributed by atoms with E-state index in [-0.39, 0.29) is 24.4 Å². The van der Waals surface area contributed by atoms with Crippen molar-refractivity contribution >= 4 is 22.8 Å². The van der Waals surface area contributed by atoms with Gasteiger partial charge in [-0.05, 0) is 23.6 Å². The van der Waals surface area contributed by atoms with Crippen LogP contribution >= 0.6 is 0 Å². The van der Waals surface area contributed by atoms with Crippen LogP contribution in [0.5, 0.6) is 0 Å². The second-order valence-corrected chi connectivity index (χ2v) is 7.59. The lowest BCUT2D eigenvalue weighted by atomic mass is 9.89. The zero-order valence-corrected chi connectivity index (χ0v) is 17.3. The predicted molar refractivity (Wildman–Crippen MR) is 114 cm³/mol. The number of aromatic nitrogens is 1. The summed E-state index contributed by atoms with van der Waals surface area (Å²) in [5.74, 6) is -0.516. The van der Waals surface area contributed by atoms with Gasteiger partial charge in [-0.15, -0.1) is 0 Å². The first-order valence-corrected chi connectivity index (χ1v) is 10.2. The van der Waals surface area contributed by atoms with Crippen LogP contribution in [0.3, 0.4) is 0 Å². The molecule has 0 spiro atoms. The normalized spacial score (nSPS) is 18.7. The molecule has 6 nitrogen and oxygen atoms in total. The van der Waals surface area contributed by atoms with E-state index in [0.29, 0.717) is 19.4 Å². The molecule has 0 fully saturated rings. The number of ether oxygens (including phenoxy) is 2. The van der Waals surface area contributed by atoms with E-state index in [1.54, 1.807) is 0 Å². The molecular formula is C24H26N2O4. The van der Waals surface area contributed by atoms with E-state index in [0.717, 1.165) is 27.7 Å². The number of carbonyl (C=O) groups is 2. The van der Waals surface area contributed by atoms with Gasteiger partial charge >= 0.3 is 11.9 Å². The average molecular weight is 406 g/mol. The zero-order valence-electron chi connectivity index (χ0n) is 17.3. The second-order valence-electron chi connectivity index (χ2n) is 7.59. The molecule has 0 saturated carbocycles. The molecule has 1 aliphatic rings. The summed E-state index contributed by atoms with van der Waals surface area (Å²) in [5, 5.41) is 1.11. The van der Waals surface area contributed by atoms with Crippen LogP contribution in [-0.4, -0.2) is 42.1 Å². The van der Waals surface area contributed by atoms with Gasteiger partial charge in [0.25, 0.3) is 0 Å². The number of para-hydroxylation sites is 1. The number of nitrogens with one attached hydrogen (secondary N) is 1. The number of aromatic amines is 1. The van der Waals surface area contributed by atoms with Crippen LogP contribution in [-0.2, 0) is 32.0 Å². The molecule has 1 aliphatic heterocycles. The van der Waals surface area contributed by atoms with Crippen molar-refractivity contribution in [2.24, 2.45) is 0 Å². The van der Waals surface area contributed by atoms with Crippen molar-refractivity contribution in [3.63, 3.8) is 0 Å². The lowest BCUT2D eigenvalue weighted by Gasteiger charge is -2.40. The summed E-state index contributed by atoms with van der Waals surface area (Å²) in [4.78, 5) is 30.5. The van der Waals surface area contributed by atoms with Crippen LogP contribution in [0.15, 0.2) is 54.6 Å². The molecule has 1 aromatic heterocycles. The number of hydrogen-bond acceptors (Lipinski definition) is 5. The molecule has 6 heteroatoms. The third-order valence-electron chi connectivity index (χ3n) is 5.91. The van der Waals surface area contributed by atoms with Crippen LogP contribution in [0.1, 0.15) is 35.7 Å². The largest absolute Gasteiger partial charge is 0.469 e. The maximum Gasteiger partial charge on any atom is 0.323 e. The maximum absolute atomic E-state index is 12.8. The maximum atomic E-state index is 12.8. The smallest absolute Gasteiger partial charge is 0.323 e. The van der Waals surface area contributed by atoms with E-state index in [2.05, 4.69) is 16.0 Å². The minimum Gasteiger partial charge on any atom is -0.469 e. The lowest BCUT2D eigenvalue weighted by molar-refractivity contribution is -0.149. The number of carbonyl (C=O) groups excluding carboxylic acids is 2. The molecule has 2 aromatic carbocycles. The fraction of sp³-hybridized carbons (Fsp3) is 0.333. The average Bonchev–Trinajstić information content (AvgIpc) is 3.16. The fourth-order valence-corrected chi connectivity index (χ4v) is 4.46. The van der Waals surface area contributed by atoms with E-state index in [1.165, 1.54) is 14.2 Å². The van der Waals surface area contributed by atoms with Gasteiger partial charge in [0.15, 0.2) is 0 Å². The van der Waals surface area contributed by atoms with Gasteiger partial charge in [-0.25, -0.2) is 0 Å². The third kappa shape index (κ3) is 3.83. The van der Waals surface area contributed by atoms with Crippen LogP contribution in [0.25, 0.3) is 10.9 Å². The summed E-state index contributed by atoms with van der Waals surface area (Å²) in [6, 6.07) is 17.6. The van der Waals surface area contributed by atoms with Gasteiger partial charge in [0.1, 0.15) is 6.04 Å². The van der Waals surface area contributed by atoms with Gasteiger partial charge in [-0.2, -0.15) is 0 Å². The molecule has 0 bridgehead atoms. The second kappa shape index (κ2) is 8.71. The van der Waals surface area contributed by atoms with Crippen molar-refractivity contribution in [1.29, 1.82) is 0 Å². The van der Waals surface area contributed by atoms with Crippen molar-refractivity contribution in [3.8, 4) is 0 Å². The predicted octanol–water partition coefficient (Wildman–Crippen LogP) is 3.76. The van der Waals surface area contributed by atoms with Crippen molar-refractivity contribution in [2.75, 3.05) is 14.2 Å². The van der Waals surface area contributed by atoms with Crippen molar-refractivity contribution in [3.05, 3.63) is 71.4 Å². The highest BCUT2D eigenvalue weighted by molar-refractivity contribution is 5.87. The van der Waals surface area contributed by atoms with Crippen LogP contribution in [0.4, 0.5) is 0 Å². The Morgan fingerprint density at radius 3 is 2.50 bits per heavy atom. The monoisotopic (exact) mass is 406 g/mol. The first-order valence-electron chi connectivity index (χ1n) is 10.2. The lowest BCUT2D eigenvalue weighted by Crippen LogP contribution is -2.48. The standard InChI is InChI=1S/C24H26N2O4/c1-29-22(27)13-12-20-23-18(17-10-6-7-11-19(17)25-23)14-21(24(28)30-2)26(20)15-16-8-4-3-5-9-16/h3-11,20-21,25H,12-15H2,1-2H3/t20-,21+/m0/s1. The molecule has 0 unspecified atom stereocenters. The molecule has 0 radical (unpaired) electrons. The first-order chi connectivity index (χ1) is 14.6. The Morgan fingerprint density at radius 1 is 1.03 bits per heavy atom. The highest BCUT2D eigenvalue weighted by atomic mass is 16.5. The molecular weight excluding hydrogens is 380 g/mol. The summed E-state index contributed by atoms with van der Waals surface area (Å²) in [6.07, 6.45) is 1.38. The highest BCUT2D eigenvalue weighted by Gasteiger charge is 2.40. The summed E-state index contributed by atoms with van der Waals surface area (Å²) in [6.45, 7) is 0.585. The Kier molecular flexibility index (Phi) is 5.86. The summed E-state index contributed by atoms with van der Waals surface area (Å²) < 4.78 is 10.1. The number of rotatable bonds is 6. The van der Waals surface area contributed by atoms with E-state index >= 15 is 0 Å². The van der Waals surface area contributed by atoms with Crippen molar-refractivity contribution in [2.45, 2.75) is 37.9 Å². The molecule has 3 aromatic rings. The van der Waals surface area contributed by atoms with Gasteiger partial charge in [-0.1, -0.05) is 48.5 Å². The van der Waals surface area contributed by atoms with Crippen LogP contribution < -0.4 is 0 Å².